The average molecular weight is 285 g/mol. The van der Waals surface area contributed by atoms with E-state index in [1.54, 1.807) is 6.20 Å². The van der Waals surface area contributed by atoms with Crippen LogP contribution in [0.25, 0.3) is 10.9 Å². The van der Waals surface area contributed by atoms with Crippen LogP contribution in [-0.2, 0) is 4.74 Å². The molecule has 0 radical (unpaired) electrons. The number of carbonyl (C=O) groups excluding carboxylic acids is 1. The first-order valence-electron chi connectivity index (χ1n) is 7.66. The summed E-state index contributed by atoms with van der Waals surface area (Å²) in [7, 11) is 0. The Bertz CT molecular complexity index is 662. The summed E-state index contributed by atoms with van der Waals surface area (Å²) < 4.78 is 5.86. The lowest BCUT2D eigenvalue weighted by atomic mass is 9.80. The highest BCUT2D eigenvalue weighted by Crippen LogP contribution is 2.33. The minimum Gasteiger partial charge on any atom is -0.374 e. The zero-order chi connectivity index (χ0) is 14.2. The average Bonchev–Trinajstić information content (AvgIpc) is 2.93. The van der Waals surface area contributed by atoms with Gasteiger partial charge in [0.05, 0.1) is 30.0 Å². The number of amides is 1. The van der Waals surface area contributed by atoms with Gasteiger partial charge in [-0.2, -0.15) is 5.10 Å². The molecule has 21 heavy (non-hydrogen) atoms. The minimum atomic E-state index is 0.0810. The third-order valence-corrected chi connectivity index (χ3v) is 4.76. The number of fused-ring (bicyclic) bond motifs is 1. The maximum absolute atomic E-state index is 12.8. The predicted molar refractivity (Wildman–Crippen MR) is 79.1 cm³/mol. The van der Waals surface area contributed by atoms with Crippen molar-refractivity contribution in [2.45, 2.75) is 25.4 Å². The Balaban J connectivity index is 1.57. The monoisotopic (exact) mass is 285 g/mol. The van der Waals surface area contributed by atoms with Crippen molar-refractivity contribution in [2.24, 2.45) is 5.92 Å². The quantitative estimate of drug-likeness (QED) is 0.920. The van der Waals surface area contributed by atoms with Crippen LogP contribution in [0.2, 0.25) is 0 Å². The summed E-state index contributed by atoms with van der Waals surface area (Å²) in [6, 6.07) is 5.75. The number of benzene rings is 1. The number of hydrogen-bond donors (Lipinski definition) is 1. The van der Waals surface area contributed by atoms with Gasteiger partial charge in [-0.1, -0.05) is 18.6 Å². The zero-order valence-corrected chi connectivity index (χ0v) is 11.9. The third-order valence-electron chi connectivity index (χ3n) is 4.76. The van der Waals surface area contributed by atoms with Gasteiger partial charge in [-0.25, -0.2) is 0 Å². The van der Waals surface area contributed by atoms with E-state index in [1.807, 2.05) is 23.1 Å². The molecule has 0 spiro atoms. The Kier molecular flexibility index (Phi) is 3.15. The molecular formula is C16H19N3O2. The number of para-hydroxylation sites is 1. The molecule has 4 rings (SSSR count). The molecule has 2 aliphatic rings. The van der Waals surface area contributed by atoms with Gasteiger partial charge in [0.1, 0.15) is 0 Å². The summed E-state index contributed by atoms with van der Waals surface area (Å²) in [5, 5.41) is 7.95. The van der Waals surface area contributed by atoms with Crippen molar-refractivity contribution in [3.63, 3.8) is 0 Å². The Morgan fingerprint density at radius 3 is 3.10 bits per heavy atom. The van der Waals surface area contributed by atoms with Crippen LogP contribution in [0.5, 0.6) is 0 Å². The molecule has 1 unspecified atom stereocenters. The van der Waals surface area contributed by atoms with E-state index in [-0.39, 0.29) is 12.0 Å². The number of ether oxygens (including phenoxy) is 1. The molecule has 0 bridgehead atoms. The first kappa shape index (κ1) is 12.8. The largest absolute Gasteiger partial charge is 0.374 e. The molecule has 1 atom stereocenters. The van der Waals surface area contributed by atoms with E-state index in [0.717, 1.165) is 10.9 Å². The lowest BCUT2D eigenvalue weighted by Crippen LogP contribution is -2.49. The van der Waals surface area contributed by atoms with Crippen molar-refractivity contribution < 1.29 is 9.53 Å². The highest BCUT2D eigenvalue weighted by atomic mass is 16.5. The van der Waals surface area contributed by atoms with Gasteiger partial charge in [-0.05, 0) is 24.8 Å². The van der Waals surface area contributed by atoms with Crippen molar-refractivity contribution in [2.75, 3.05) is 19.7 Å². The number of nitrogens with one attached hydrogen (secondary N) is 1. The highest BCUT2D eigenvalue weighted by Gasteiger charge is 2.34. The van der Waals surface area contributed by atoms with E-state index >= 15 is 0 Å². The first-order valence-corrected chi connectivity index (χ1v) is 7.66. The van der Waals surface area contributed by atoms with E-state index in [9.17, 15) is 4.79 Å². The minimum absolute atomic E-state index is 0.0810. The fraction of sp³-hybridized carbons (Fsp3) is 0.500. The lowest BCUT2D eigenvalue weighted by Gasteiger charge is -2.40. The number of morpholine rings is 1. The molecule has 5 heteroatoms. The Labute approximate surface area is 123 Å². The maximum Gasteiger partial charge on any atom is 0.256 e. The SMILES string of the molecule is O=C(c1cccc2cn[nH]c12)N1CCOC(C2CCC2)C1. The Morgan fingerprint density at radius 2 is 2.29 bits per heavy atom. The maximum atomic E-state index is 12.8. The van der Waals surface area contributed by atoms with Crippen molar-refractivity contribution in [3.8, 4) is 0 Å². The van der Waals surface area contributed by atoms with Crippen LogP contribution in [0.1, 0.15) is 29.6 Å². The first-order chi connectivity index (χ1) is 10.3. The molecule has 1 aliphatic carbocycles. The predicted octanol–water partition coefficient (Wildman–Crippen LogP) is 2.20. The van der Waals surface area contributed by atoms with E-state index in [4.69, 9.17) is 4.74 Å². The number of nitrogens with zero attached hydrogens (tertiary/aromatic N) is 2. The van der Waals surface area contributed by atoms with Gasteiger partial charge >= 0.3 is 0 Å². The van der Waals surface area contributed by atoms with Crippen LogP contribution in [0, 0.1) is 5.92 Å². The van der Waals surface area contributed by atoms with Crippen LogP contribution in [0.4, 0.5) is 0 Å². The summed E-state index contributed by atoms with van der Waals surface area (Å²) in [5.41, 5.74) is 1.54. The number of hydrogen-bond acceptors (Lipinski definition) is 3. The Hall–Kier alpha value is -1.88. The lowest BCUT2D eigenvalue weighted by molar-refractivity contribution is -0.0659. The van der Waals surface area contributed by atoms with Crippen molar-refractivity contribution in [1.29, 1.82) is 0 Å². The molecule has 1 aromatic carbocycles. The molecule has 1 amide bonds. The highest BCUT2D eigenvalue weighted by molar-refractivity contribution is 6.05. The molecule has 2 aromatic rings. The number of carbonyl (C=O) groups is 1. The Morgan fingerprint density at radius 1 is 1.38 bits per heavy atom. The number of rotatable bonds is 2. The molecule has 5 nitrogen and oxygen atoms in total. The zero-order valence-electron chi connectivity index (χ0n) is 11.9. The number of aromatic amines is 1. The van der Waals surface area contributed by atoms with Crippen LogP contribution in [0.3, 0.4) is 0 Å². The molecule has 1 aromatic heterocycles. The van der Waals surface area contributed by atoms with Gasteiger partial charge in [0.2, 0.25) is 0 Å². The molecule has 1 aliphatic heterocycles. The van der Waals surface area contributed by atoms with Crippen LogP contribution < -0.4 is 0 Å². The van der Waals surface area contributed by atoms with Gasteiger partial charge in [0, 0.05) is 18.5 Å². The number of aromatic nitrogens is 2. The molecule has 1 saturated carbocycles. The summed E-state index contributed by atoms with van der Waals surface area (Å²) in [5.74, 6) is 0.723. The van der Waals surface area contributed by atoms with Gasteiger partial charge in [-0.3, -0.25) is 9.89 Å². The van der Waals surface area contributed by atoms with Gasteiger partial charge in [0.25, 0.3) is 5.91 Å². The van der Waals surface area contributed by atoms with E-state index in [2.05, 4.69) is 10.2 Å². The summed E-state index contributed by atoms with van der Waals surface area (Å²) in [6.45, 7) is 2.03. The fourth-order valence-corrected chi connectivity index (χ4v) is 3.27. The third kappa shape index (κ3) is 2.21. The van der Waals surface area contributed by atoms with Gasteiger partial charge < -0.3 is 9.64 Å². The van der Waals surface area contributed by atoms with Crippen LogP contribution in [-0.4, -0.2) is 46.8 Å². The molecule has 110 valence electrons. The van der Waals surface area contributed by atoms with Crippen molar-refractivity contribution in [3.05, 3.63) is 30.0 Å². The molecule has 1 saturated heterocycles. The van der Waals surface area contributed by atoms with Crippen LogP contribution in [0.15, 0.2) is 24.4 Å². The second kappa shape index (κ2) is 5.15. The molecule has 2 fully saturated rings. The van der Waals surface area contributed by atoms with Crippen LogP contribution >= 0.6 is 0 Å². The second-order valence-electron chi connectivity index (χ2n) is 5.99. The smallest absolute Gasteiger partial charge is 0.256 e. The molecular weight excluding hydrogens is 266 g/mol. The molecule has 2 heterocycles. The number of H-pyrrole nitrogens is 1. The van der Waals surface area contributed by atoms with Gasteiger partial charge in [0.15, 0.2) is 0 Å². The topological polar surface area (TPSA) is 58.2 Å². The van der Waals surface area contributed by atoms with Crippen molar-refractivity contribution >= 4 is 16.8 Å². The van der Waals surface area contributed by atoms with E-state index in [1.165, 1.54) is 19.3 Å². The summed E-state index contributed by atoms with van der Waals surface area (Å²) in [6.07, 6.45) is 5.75. The van der Waals surface area contributed by atoms with E-state index < -0.39 is 0 Å². The fourth-order valence-electron chi connectivity index (χ4n) is 3.27. The summed E-state index contributed by atoms with van der Waals surface area (Å²) >= 11 is 0. The summed E-state index contributed by atoms with van der Waals surface area (Å²) in [4.78, 5) is 14.7. The van der Waals surface area contributed by atoms with Gasteiger partial charge in [-0.15, -0.1) is 0 Å². The van der Waals surface area contributed by atoms with E-state index in [0.29, 0.717) is 31.2 Å². The standard InChI is InChI=1S/C16H19N3O2/c20-16(13-6-2-5-12-9-17-18-15(12)13)19-7-8-21-14(10-19)11-3-1-4-11/h2,5-6,9,11,14H,1,3-4,7-8,10H2,(H,17,18). The second-order valence-corrected chi connectivity index (χ2v) is 5.99. The van der Waals surface area contributed by atoms with Crippen molar-refractivity contribution in [1.82, 2.24) is 15.1 Å². The molecule has 1 N–H and O–H groups in total. The normalized spacial score (nSPS) is 23.2.